The standard InChI is InChI=1S/C27H30N6O2/c1-31(2)19-24(20-6-4-3-5-7-20)33-25(34)13-8-21-18-28-27(30-26(21)33)29-22-9-11-23(12-10-22)32-14-16-35-17-15-32/h3-13,18,24H,14-17,19H2,1-2H3,(H,28,29,30). The predicted molar refractivity (Wildman–Crippen MR) is 140 cm³/mol. The van der Waals surface area contributed by atoms with Crippen LogP contribution in [-0.2, 0) is 4.74 Å². The molecule has 8 nitrogen and oxygen atoms in total. The highest BCUT2D eigenvalue weighted by atomic mass is 16.5. The summed E-state index contributed by atoms with van der Waals surface area (Å²) in [7, 11) is 4.02. The Kier molecular flexibility index (Phi) is 6.74. The number of likely N-dealkylation sites (N-methyl/N-ethyl adjacent to an activating group) is 1. The van der Waals surface area contributed by atoms with Crippen molar-refractivity contribution in [3.63, 3.8) is 0 Å². The van der Waals surface area contributed by atoms with Gasteiger partial charge in [-0.2, -0.15) is 4.98 Å². The molecule has 1 unspecified atom stereocenters. The fourth-order valence-corrected chi connectivity index (χ4v) is 4.46. The number of fused-ring (bicyclic) bond motifs is 1. The Balaban J connectivity index is 1.48. The molecule has 2 aromatic carbocycles. The lowest BCUT2D eigenvalue weighted by Gasteiger charge is -2.28. The van der Waals surface area contributed by atoms with Crippen molar-refractivity contribution in [3.8, 4) is 0 Å². The second kappa shape index (κ2) is 10.2. The number of hydrogen-bond acceptors (Lipinski definition) is 7. The maximum atomic E-state index is 13.1. The molecule has 8 heteroatoms. The van der Waals surface area contributed by atoms with Crippen LogP contribution in [-0.4, -0.2) is 66.4 Å². The van der Waals surface area contributed by atoms with Crippen LogP contribution >= 0.6 is 0 Å². The number of ether oxygens (including phenoxy) is 1. The number of hydrogen-bond donors (Lipinski definition) is 1. The molecule has 0 bridgehead atoms. The number of morpholine rings is 1. The molecule has 3 heterocycles. The number of nitrogens with one attached hydrogen (secondary N) is 1. The molecule has 1 atom stereocenters. The van der Waals surface area contributed by atoms with Crippen molar-refractivity contribution in [1.82, 2.24) is 19.4 Å². The Hall–Kier alpha value is -3.75. The van der Waals surface area contributed by atoms with Gasteiger partial charge in [-0.1, -0.05) is 30.3 Å². The van der Waals surface area contributed by atoms with Crippen LogP contribution in [0.15, 0.2) is 77.7 Å². The van der Waals surface area contributed by atoms with Gasteiger partial charge in [-0.05, 0) is 50.0 Å². The van der Waals surface area contributed by atoms with E-state index in [2.05, 4.69) is 44.4 Å². The zero-order chi connectivity index (χ0) is 24.2. The van der Waals surface area contributed by atoms with Gasteiger partial charge in [-0.3, -0.25) is 9.36 Å². The molecular formula is C27H30N6O2. The van der Waals surface area contributed by atoms with Crippen molar-refractivity contribution >= 4 is 28.4 Å². The minimum absolute atomic E-state index is 0.0901. The van der Waals surface area contributed by atoms with Crippen LogP contribution in [0.5, 0.6) is 0 Å². The molecule has 1 aliphatic heterocycles. The van der Waals surface area contributed by atoms with Gasteiger partial charge in [0, 0.05) is 48.7 Å². The molecule has 4 aromatic rings. The number of pyridine rings is 1. The van der Waals surface area contributed by atoms with Gasteiger partial charge >= 0.3 is 0 Å². The molecular weight excluding hydrogens is 440 g/mol. The Morgan fingerprint density at radius 1 is 1.00 bits per heavy atom. The molecule has 5 rings (SSSR count). The predicted octanol–water partition coefficient (Wildman–Crippen LogP) is 3.52. The van der Waals surface area contributed by atoms with Crippen LogP contribution in [0.2, 0.25) is 0 Å². The summed E-state index contributed by atoms with van der Waals surface area (Å²) < 4.78 is 7.22. The van der Waals surface area contributed by atoms with E-state index in [0.29, 0.717) is 18.1 Å². The minimum Gasteiger partial charge on any atom is -0.378 e. The lowest BCUT2D eigenvalue weighted by Crippen LogP contribution is -2.36. The molecule has 0 amide bonds. The van der Waals surface area contributed by atoms with E-state index >= 15 is 0 Å². The third kappa shape index (κ3) is 5.18. The Labute approximate surface area is 204 Å². The van der Waals surface area contributed by atoms with Gasteiger partial charge in [0.25, 0.3) is 5.56 Å². The molecule has 0 saturated carbocycles. The van der Waals surface area contributed by atoms with Gasteiger partial charge in [0.1, 0.15) is 5.65 Å². The van der Waals surface area contributed by atoms with Crippen molar-refractivity contribution in [2.75, 3.05) is 57.2 Å². The highest BCUT2D eigenvalue weighted by Gasteiger charge is 2.20. The number of rotatable bonds is 7. The van der Waals surface area contributed by atoms with E-state index in [4.69, 9.17) is 9.72 Å². The first-order chi connectivity index (χ1) is 17.1. The first kappa shape index (κ1) is 23.0. The summed E-state index contributed by atoms with van der Waals surface area (Å²) in [5, 5.41) is 4.12. The van der Waals surface area contributed by atoms with E-state index in [1.807, 2.05) is 44.4 Å². The van der Waals surface area contributed by atoms with Crippen LogP contribution in [0.25, 0.3) is 11.0 Å². The third-order valence-electron chi connectivity index (χ3n) is 6.20. The average molecular weight is 471 g/mol. The molecule has 1 aliphatic rings. The highest BCUT2D eigenvalue weighted by Crippen LogP contribution is 2.24. The van der Waals surface area contributed by atoms with Crippen LogP contribution in [0, 0.1) is 0 Å². The van der Waals surface area contributed by atoms with E-state index < -0.39 is 0 Å². The Morgan fingerprint density at radius 2 is 1.74 bits per heavy atom. The fourth-order valence-electron chi connectivity index (χ4n) is 4.46. The number of aromatic nitrogens is 3. The second-order valence-electron chi connectivity index (χ2n) is 8.97. The summed E-state index contributed by atoms with van der Waals surface area (Å²) >= 11 is 0. The first-order valence-electron chi connectivity index (χ1n) is 11.9. The molecule has 1 fully saturated rings. The van der Waals surface area contributed by atoms with Crippen molar-refractivity contribution in [1.29, 1.82) is 0 Å². The number of nitrogens with zero attached hydrogens (tertiary/aromatic N) is 5. The van der Waals surface area contributed by atoms with Crippen molar-refractivity contribution in [2.24, 2.45) is 0 Å². The Morgan fingerprint density at radius 3 is 2.46 bits per heavy atom. The highest BCUT2D eigenvalue weighted by molar-refractivity contribution is 5.76. The van der Waals surface area contributed by atoms with Gasteiger partial charge in [0.05, 0.1) is 19.3 Å². The molecule has 35 heavy (non-hydrogen) atoms. The quantitative estimate of drug-likeness (QED) is 0.443. The van der Waals surface area contributed by atoms with Crippen LogP contribution in [0.4, 0.5) is 17.3 Å². The fraction of sp³-hybridized carbons (Fsp3) is 0.296. The van der Waals surface area contributed by atoms with Gasteiger partial charge in [-0.25, -0.2) is 4.98 Å². The molecule has 0 radical (unpaired) electrons. The van der Waals surface area contributed by atoms with Crippen LogP contribution in [0.1, 0.15) is 11.6 Å². The summed E-state index contributed by atoms with van der Waals surface area (Å²) in [6.45, 7) is 3.97. The maximum Gasteiger partial charge on any atom is 0.252 e. The topological polar surface area (TPSA) is 75.5 Å². The summed E-state index contributed by atoms with van der Waals surface area (Å²) in [5.74, 6) is 0.452. The van der Waals surface area contributed by atoms with E-state index in [9.17, 15) is 4.79 Å². The van der Waals surface area contributed by atoms with Gasteiger partial charge in [0.15, 0.2) is 0 Å². The van der Waals surface area contributed by atoms with Crippen LogP contribution in [0.3, 0.4) is 0 Å². The Bertz CT molecular complexity index is 1330. The monoisotopic (exact) mass is 470 g/mol. The number of anilines is 3. The second-order valence-corrected chi connectivity index (χ2v) is 8.97. The molecule has 0 spiro atoms. The molecule has 180 valence electrons. The first-order valence-corrected chi connectivity index (χ1v) is 11.9. The SMILES string of the molecule is CN(C)CC(c1ccccc1)n1c(=O)ccc2cnc(Nc3ccc(N4CCOCC4)cc3)nc21. The lowest BCUT2D eigenvalue weighted by molar-refractivity contribution is 0.122. The van der Waals surface area contributed by atoms with E-state index in [1.54, 1.807) is 22.9 Å². The van der Waals surface area contributed by atoms with Crippen molar-refractivity contribution < 1.29 is 4.74 Å². The smallest absolute Gasteiger partial charge is 0.252 e. The summed E-state index contributed by atoms with van der Waals surface area (Å²) in [6.07, 6.45) is 1.76. The summed E-state index contributed by atoms with van der Waals surface area (Å²) in [4.78, 5) is 26.8. The zero-order valence-corrected chi connectivity index (χ0v) is 20.1. The van der Waals surface area contributed by atoms with E-state index in [1.165, 1.54) is 5.69 Å². The lowest BCUT2D eigenvalue weighted by atomic mass is 10.1. The molecule has 0 aliphatic carbocycles. The zero-order valence-electron chi connectivity index (χ0n) is 20.1. The third-order valence-corrected chi connectivity index (χ3v) is 6.20. The normalized spacial score (nSPS) is 14.9. The maximum absolute atomic E-state index is 13.1. The van der Waals surface area contributed by atoms with Crippen molar-refractivity contribution in [2.45, 2.75) is 6.04 Å². The van der Waals surface area contributed by atoms with E-state index in [0.717, 1.165) is 42.9 Å². The molecule has 1 N–H and O–H groups in total. The minimum atomic E-state index is -0.182. The molecule has 2 aromatic heterocycles. The van der Waals surface area contributed by atoms with Gasteiger partial charge in [-0.15, -0.1) is 0 Å². The number of benzene rings is 2. The van der Waals surface area contributed by atoms with Gasteiger partial charge < -0.3 is 19.9 Å². The molecule has 1 saturated heterocycles. The van der Waals surface area contributed by atoms with E-state index in [-0.39, 0.29) is 11.6 Å². The average Bonchev–Trinajstić information content (AvgIpc) is 2.89. The van der Waals surface area contributed by atoms with Crippen LogP contribution < -0.4 is 15.8 Å². The largest absolute Gasteiger partial charge is 0.378 e. The van der Waals surface area contributed by atoms with Crippen molar-refractivity contribution in [3.05, 3.63) is 88.8 Å². The van der Waals surface area contributed by atoms with Gasteiger partial charge in [0.2, 0.25) is 5.95 Å². The summed E-state index contributed by atoms with van der Waals surface area (Å²) in [6, 6.07) is 21.5. The summed E-state index contributed by atoms with van der Waals surface area (Å²) in [5.41, 5.74) is 3.63.